The average Bonchev–Trinajstić information content (AvgIpc) is 3.09. The minimum Gasteiger partial charge on any atom is -0.342 e. The predicted octanol–water partition coefficient (Wildman–Crippen LogP) is 4.11. The van der Waals surface area contributed by atoms with Crippen molar-refractivity contribution < 1.29 is 4.79 Å². The number of hydrogen-bond acceptors (Lipinski definition) is 1. The number of carbonyl (C=O) groups is 1. The van der Waals surface area contributed by atoms with Crippen molar-refractivity contribution in [3.63, 3.8) is 0 Å². The second-order valence-electron chi connectivity index (χ2n) is 7.13. The molecular weight excluding hydrogens is 282 g/mol. The molecule has 1 amide bonds. The molecule has 0 aliphatic heterocycles. The number of nitrogens with one attached hydrogen (secondary N) is 1. The lowest BCUT2D eigenvalue weighted by atomic mass is 9.84. The quantitative estimate of drug-likeness (QED) is 0.905. The fourth-order valence-electron chi connectivity index (χ4n) is 4.39. The summed E-state index contributed by atoms with van der Waals surface area (Å²) in [6.45, 7) is 2.12. The van der Waals surface area contributed by atoms with E-state index in [2.05, 4.69) is 36.5 Å². The zero-order valence-corrected chi connectivity index (χ0v) is 13.5. The minimum absolute atomic E-state index is 0.231. The van der Waals surface area contributed by atoms with E-state index in [0.717, 1.165) is 11.1 Å². The van der Waals surface area contributed by atoms with Crippen LogP contribution in [0, 0.1) is 17.8 Å². The van der Waals surface area contributed by atoms with Gasteiger partial charge in [0.05, 0.1) is 5.54 Å². The minimum atomic E-state index is -0.476. The van der Waals surface area contributed by atoms with E-state index in [1.165, 1.54) is 19.3 Å². The Labute approximate surface area is 137 Å². The molecule has 2 aromatic carbocycles. The summed E-state index contributed by atoms with van der Waals surface area (Å²) in [5.74, 6) is 1.77. The lowest BCUT2D eigenvalue weighted by Crippen LogP contribution is -2.45. The highest BCUT2D eigenvalue weighted by atomic mass is 16.2. The van der Waals surface area contributed by atoms with Gasteiger partial charge < -0.3 is 5.32 Å². The molecule has 2 aromatic rings. The van der Waals surface area contributed by atoms with Crippen LogP contribution in [-0.4, -0.2) is 5.91 Å². The largest absolute Gasteiger partial charge is 0.342 e. The number of carbonyl (C=O) groups excluding carboxylic acids is 1. The van der Waals surface area contributed by atoms with Crippen LogP contribution in [0.3, 0.4) is 0 Å². The van der Waals surface area contributed by atoms with E-state index in [-0.39, 0.29) is 11.8 Å². The lowest BCUT2D eigenvalue weighted by molar-refractivity contribution is -0.124. The van der Waals surface area contributed by atoms with E-state index in [1.807, 2.05) is 36.4 Å². The molecule has 0 spiro atoms. The number of benzene rings is 2. The maximum atomic E-state index is 12.9. The summed E-state index contributed by atoms with van der Waals surface area (Å²) in [6, 6.07) is 20.6. The molecule has 2 aliphatic rings. The molecule has 2 aliphatic carbocycles. The van der Waals surface area contributed by atoms with Gasteiger partial charge in [0.2, 0.25) is 5.91 Å². The number of fused-ring (bicyclic) bond motifs is 1. The Morgan fingerprint density at radius 3 is 1.87 bits per heavy atom. The maximum absolute atomic E-state index is 12.9. The zero-order chi connectivity index (χ0) is 15.9. The van der Waals surface area contributed by atoms with Crippen LogP contribution < -0.4 is 5.32 Å². The summed E-state index contributed by atoms with van der Waals surface area (Å²) in [4.78, 5) is 12.9. The molecule has 1 N–H and O–H groups in total. The van der Waals surface area contributed by atoms with Crippen LogP contribution >= 0.6 is 0 Å². The Balaban J connectivity index is 1.65. The van der Waals surface area contributed by atoms with Gasteiger partial charge in [0, 0.05) is 5.92 Å². The van der Waals surface area contributed by atoms with Crippen LogP contribution in [0.2, 0.25) is 0 Å². The summed E-state index contributed by atoms with van der Waals surface area (Å²) in [7, 11) is 0. The van der Waals surface area contributed by atoms with E-state index in [1.54, 1.807) is 0 Å². The summed E-state index contributed by atoms with van der Waals surface area (Å²) in [6.07, 6.45) is 3.76. The van der Waals surface area contributed by atoms with Gasteiger partial charge in [-0.05, 0) is 42.7 Å². The van der Waals surface area contributed by atoms with Crippen LogP contribution in [0.15, 0.2) is 60.7 Å². The molecule has 23 heavy (non-hydrogen) atoms. The first-order valence-corrected chi connectivity index (χ1v) is 8.63. The number of amides is 1. The molecule has 1 unspecified atom stereocenters. The third-order valence-electron chi connectivity index (χ3n) is 5.78. The van der Waals surface area contributed by atoms with E-state index in [9.17, 15) is 4.79 Å². The van der Waals surface area contributed by atoms with Crippen molar-refractivity contribution in [2.45, 2.75) is 31.7 Å². The molecule has 2 saturated carbocycles. The number of rotatable bonds is 4. The Hall–Kier alpha value is -2.09. The molecular formula is C21H23NO. The molecule has 0 bridgehead atoms. The van der Waals surface area contributed by atoms with Crippen molar-refractivity contribution >= 4 is 5.91 Å². The van der Waals surface area contributed by atoms with Gasteiger partial charge in [0.1, 0.15) is 0 Å². The molecule has 2 fully saturated rings. The first kappa shape index (κ1) is 14.5. The highest BCUT2D eigenvalue weighted by molar-refractivity contribution is 5.83. The zero-order valence-electron chi connectivity index (χ0n) is 13.5. The van der Waals surface area contributed by atoms with E-state index >= 15 is 0 Å². The van der Waals surface area contributed by atoms with E-state index < -0.39 is 5.54 Å². The molecule has 118 valence electrons. The molecule has 0 heterocycles. The molecule has 2 heteroatoms. The molecule has 0 aromatic heterocycles. The second kappa shape index (κ2) is 5.52. The standard InChI is InChI=1S/C21H23NO/c1-21(15-9-4-2-5-10-15,16-11-6-3-7-12-16)22-20(23)19-17-13-8-14-18(17)19/h2-7,9-12,17-19H,8,13-14H2,1H3,(H,22,23)/t17-,18+,19?. The fourth-order valence-corrected chi connectivity index (χ4v) is 4.39. The lowest BCUT2D eigenvalue weighted by Gasteiger charge is -2.32. The summed E-state index contributed by atoms with van der Waals surface area (Å²) >= 11 is 0. The highest BCUT2D eigenvalue weighted by Crippen LogP contribution is 2.57. The van der Waals surface area contributed by atoms with Crippen molar-refractivity contribution in [2.24, 2.45) is 17.8 Å². The first-order valence-electron chi connectivity index (χ1n) is 8.63. The van der Waals surface area contributed by atoms with Crippen molar-refractivity contribution in [3.05, 3.63) is 71.8 Å². The molecule has 0 saturated heterocycles. The van der Waals surface area contributed by atoms with Crippen LogP contribution in [-0.2, 0) is 10.3 Å². The monoisotopic (exact) mass is 305 g/mol. The van der Waals surface area contributed by atoms with Gasteiger partial charge in [-0.1, -0.05) is 67.1 Å². The van der Waals surface area contributed by atoms with Crippen molar-refractivity contribution in [2.75, 3.05) is 0 Å². The van der Waals surface area contributed by atoms with Gasteiger partial charge >= 0.3 is 0 Å². The van der Waals surface area contributed by atoms with Crippen LogP contribution in [0.5, 0.6) is 0 Å². The Morgan fingerprint density at radius 2 is 1.39 bits per heavy atom. The Kier molecular flexibility index (Phi) is 3.48. The Bertz CT molecular complexity index is 645. The van der Waals surface area contributed by atoms with Crippen molar-refractivity contribution in [1.82, 2.24) is 5.32 Å². The van der Waals surface area contributed by atoms with Crippen LogP contribution in [0.4, 0.5) is 0 Å². The molecule has 0 radical (unpaired) electrons. The number of hydrogen-bond donors (Lipinski definition) is 1. The third-order valence-corrected chi connectivity index (χ3v) is 5.78. The van der Waals surface area contributed by atoms with Gasteiger partial charge in [0.15, 0.2) is 0 Å². The third kappa shape index (κ3) is 2.46. The van der Waals surface area contributed by atoms with Gasteiger partial charge in [-0.2, -0.15) is 0 Å². The normalized spacial score (nSPS) is 25.7. The average molecular weight is 305 g/mol. The maximum Gasteiger partial charge on any atom is 0.224 e. The van der Waals surface area contributed by atoms with Gasteiger partial charge in [-0.25, -0.2) is 0 Å². The summed E-state index contributed by atoms with van der Waals surface area (Å²) < 4.78 is 0. The molecule has 3 atom stereocenters. The SMILES string of the molecule is CC(NC(=O)C1[C@H]2CCC[C@@H]12)(c1ccccc1)c1ccccc1. The molecule has 2 nitrogen and oxygen atoms in total. The Morgan fingerprint density at radius 1 is 0.913 bits per heavy atom. The molecule has 4 rings (SSSR count). The van der Waals surface area contributed by atoms with E-state index in [4.69, 9.17) is 0 Å². The van der Waals surface area contributed by atoms with Crippen molar-refractivity contribution in [3.8, 4) is 0 Å². The second-order valence-corrected chi connectivity index (χ2v) is 7.13. The van der Waals surface area contributed by atoms with Gasteiger partial charge in [-0.15, -0.1) is 0 Å². The van der Waals surface area contributed by atoms with Gasteiger partial charge in [0.25, 0.3) is 0 Å². The predicted molar refractivity (Wildman–Crippen MR) is 91.8 cm³/mol. The van der Waals surface area contributed by atoms with Crippen LogP contribution in [0.1, 0.15) is 37.3 Å². The first-order chi connectivity index (χ1) is 11.2. The summed E-state index contributed by atoms with van der Waals surface area (Å²) in [5.41, 5.74) is 1.78. The van der Waals surface area contributed by atoms with Gasteiger partial charge in [-0.3, -0.25) is 4.79 Å². The van der Waals surface area contributed by atoms with Crippen molar-refractivity contribution in [1.29, 1.82) is 0 Å². The fraction of sp³-hybridized carbons (Fsp3) is 0.381. The van der Waals surface area contributed by atoms with E-state index in [0.29, 0.717) is 11.8 Å². The highest BCUT2D eigenvalue weighted by Gasteiger charge is 2.57. The smallest absolute Gasteiger partial charge is 0.224 e. The topological polar surface area (TPSA) is 29.1 Å². The van der Waals surface area contributed by atoms with Crippen LogP contribution in [0.25, 0.3) is 0 Å². The summed E-state index contributed by atoms with van der Waals surface area (Å²) in [5, 5.41) is 3.38.